The zero-order valence-electron chi connectivity index (χ0n) is 9.25. The minimum atomic E-state index is -2.49. The minimum absolute atomic E-state index is 0.249. The molecule has 94 valence electrons. The van der Waals surface area contributed by atoms with Crippen LogP contribution >= 0.6 is 0 Å². The van der Waals surface area contributed by atoms with E-state index in [1.54, 1.807) is 6.92 Å². The summed E-state index contributed by atoms with van der Waals surface area (Å²) in [5.74, 6) is -0.474. The molecule has 6 heteroatoms. The molecular weight excluding hydrogens is 220 g/mol. The zero-order chi connectivity index (χ0) is 12.2. The number of hydrogen-bond donors (Lipinski definition) is 1. The van der Waals surface area contributed by atoms with Crippen LogP contribution in [-0.2, 0) is 14.3 Å². The van der Waals surface area contributed by atoms with Crippen LogP contribution < -0.4 is 5.73 Å². The van der Waals surface area contributed by atoms with Crippen LogP contribution in [0.1, 0.15) is 26.2 Å². The number of carbonyl (C=O) groups excluding carboxylic acids is 1. The van der Waals surface area contributed by atoms with Crippen molar-refractivity contribution in [1.82, 2.24) is 0 Å². The van der Waals surface area contributed by atoms with Crippen LogP contribution in [-0.4, -0.2) is 37.3 Å². The van der Waals surface area contributed by atoms with E-state index < -0.39 is 24.5 Å². The van der Waals surface area contributed by atoms with E-state index in [0.29, 0.717) is 12.8 Å². The lowest BCUT2D eigenvalue weighted by Crippen LogP contribution is -2.47. The third-order valence-electron chi connectivity index (χ3n) is 2.64. The summed E-state index contributed by atoms with van der Waals surface area (Å²) in [6.45, 7) is 1.35. The van der Waals surface area contributed by atoms with Crippen LogP contribution in [0.2, 0.25) is 0 Å². The molecule has 1 rings (SSSR count). The van der Waals surface area contributed by atoms with Gasteiger partial charge in [-0.3, -0.25) is 4.79 Å². The lowest BCUT2D eigenvalue weighted by Gasteiger charge is -2.21. The highest BCUT2D eigenvalue weighted by Gasteiger charge is 2.43. The van der Waals surface area contributed by atoms with Crippen molar-refractivity contribution in [3.8, 4) is 0 Å². The Hall–Kier alpha value is -0.750. The summed E-state index contributed by atoms with van der Waals surface area (Å²) in [6.07, 6.45) is -1.68. The quantitative estimate of drug-likeness (QED) is 0.727. The van der Waals surface area contributed by atoms with Crippen molar-refractivity contribution < 1.29 is 23.0 Å². The smallest absolute Gasteiger partial charge is 0.326 e. The van der Waals surface area contributed by atoms with E-state index in [4.69, 9.17) is 15.2 Å². The fourth-order valence-electron chi connectivity index (χ4n) is 1.84. The molecule has 4 nitrogen and oxygen atoms in total. The second kappa shape index (κ2) is 5.54. The van der Waals surface area contributed by atoms with E-state index in [9.17, 15) is 13.6 Å². The number of ether oxygens (including phenoxy) is 2. The first-order valence-corrected chi connectivity index (χ1v) is 5.34. The predicted octanol–water partition coefficient (Wildman–Crippen LogP) is 1.08. The molecule has 0 spiro atoms. The molecule has 0 aromatic carbocycles. The number of nitrogens with two attached hydrogens (primary N) is 1. The molecule has 0 heterocycles. The summed E-state index contributed by atoms with van der Waals surface area (Å²) in [6, 6.07) is 0. The maximum Gasteiger partial charge on any atom is 0.326 e. The maximum absolute atomic E-state index is 11.9. The Morgan fingerprint density at radius 3 is 2.88 bits per heavy atom. The molecule has 0 aliphatic heterocycles. The Morgan fingerprint density at radius 2 is 2.31 bits per heavy atom. The molecule has 0 radical (unpaired) electrons. The third-order valence-corrected chi connectivity index (χ3v) is 2.64. The SMILES string of the molecule is CCOC(=O)C1(N)CCC(OCC(F)F)C1. The van der Waals surface area contributed by atoms with Gasteiger partial charge in [0.15, 0.2) is 0 Å². The second-order valence-corrected chi connectivity index (χ2v) is 3.97. The van der Waals surface area contributed by atoms with E-state index in [1.165, 1.54) is 0 Å². The average Bonchev–Trinajstić information content (AvgIpc) is 2.59. The summed E-state index contributed by atoms with van der Waals surface area (Å²) in [4.78, 5) is 11.5. The molecule has 0 saturated heterocycles. The van der Waals surface area contributed by atoms with Gasteiger partial charge in [0.25, 0.3) is 6.43 Å². The molecular formula is C10H17F2NO3. The van der Waals surface area contributed by atoms with Gasteiger partial charge < -0.3 is 15.2 Å². The Bertz CT molecular complexity index is 250. The van der Waals surface area contributed by atoms with Crippen molar-refractivity contribution in [2.45, 2.75) is 44.3 Å². The molecule has 1 aliphatic rings. The largest absolute Gasteiger partial charge is 0.465 e. The van der Waals surface area contributed by atoms with Crippen LogP contribution in [0.3, 0.4) is 0 Å². The molecule has 2 unspecified atom stereocenters. The fraction of sp³-hybridized carbons (Fsp3) is 0.900. The maximum atomic E-state index is 11.9. The zero-order valence-corrected chi connectivity index (χ0v) is 9.25. The summed E-state index contributed by atoms with van der Waals surface area (Å²) < 4.78 is 33.6. The number of hydrogen-bond acceptors (Lipinski definition) is 4. The first kappa shape index (κ1) is 13.3. The summed E-state index contributed by atoms with van der Waals surface area (Å²) in [5.41, 5.74) is 4.78. The van der Waals surface area contributed by atoms with Gasteiger partial charge in [0, 0.05) is 6.42 Å². The Kier molecular flexibility index (Phi) is 4.61. The molecule has 0 aromatic rings. The van der Waals surface area contributed by atoms with Gasteiger partial charge in [0.1, 0.15) is 12.1 Å². The van der Waals surface area contributed by atoms with Crippen LogP contribution in [0.5, 0.6) is 0 Å². The number of esters is 1. The van der Waals surface area contributed by atoms with Crippen molar-refractivity contribution >= 4 is 5.97 Å². The topological polar surface area (TPSA) is 61.5 Å². The fourth-order valence-corrected chi connectivity index (χ4v) is 1.84. The summed E-state index contributed by atoms with van der Waals surface area (Å²) >= 11 is 0. The van der Waals surface area contributed by atoms with Crippen LogP contribution in [0.15, 0.2) is 0 Å². The number of halogens is 2. The van der Waals surface area contributed by atoms with Gasteiger partial charge >= 0.3 is 5.97 Å². The van der Waals surface area contributed by atoms with Gasteiger partial charge in [0.05, 0.1) is 12.7 Å². The predicted molar refractivity (Wildman–Crippen MR) is 53.1 cm³/mol. The van der Waals surface area contributed by atoms with E-state index in [2.05, 4.69) is 0 Å². The van der Waals surface area contributed by atoms with Gasteiger partial charge in [-0.15, -0.1) is 0 Å². The van der Waals surface area contributed by atoms with E-state index in [0.717, 1.165) is 0 Å². The van der Waals surface area contributed by atoms with E-state index >= 15 is 0 Å². The van der Waals surface area contributed by atoms with Crippen LogP contribution in [0.4, 0.5) is 8.78 Å². The van der Waals surface area contributed by atoms with Gasteiger partial charge in [-0.1, -0.05) is 0 Å². The first-order valence-electron chi connectivity index (χ1n) is 5.34. The molecule has 1 fully saturated rings. The third kappa shape index (κ3) is 3.38. The number of carbonyl (C=O) groups is 1. The first-order chi connectivity index (χ1) is 7.48. The average molecular weight is 237 g/mol. The highest BCUT2D eigenvalue weighted by molar-refractivity contribution is 5.81. The lowest BCUT2D eigenvalue weighted by molar-refractivity contribution is -0.149. The van der Waals surface area contributed by atoms with Crippen LogP contribution in [0.25, 0.3) is 0 Å². The molecule has 2 N–H and O–H groups in total. The van der Waals surface area contributed by atoms with Gasteiger partial charge in [-0.25, -0.2) is 8.78 Å². The van der Waals surface area contributed by atoms with E-state index in [-0.39, 0.29) is 19.1 Å². The normalized spacial score (nSPS) is 29.7. The van der Waals surface area contributed by atoms with Crippen LogP contribution in [0, 0.1) is 0 Å². The van der Waals surface area contributed by atoms with Gasteiger partial charge in [-0.2, -0.15) is 0 Å². The summed E-state index contributed by atoms with van der Waals surface area (Å²) in [5, 5.41) is 0. The lowest BCUT2D eigenvalue weighted by atomic mass is 9.99. The van der Waals surface area contributed by atoms with Crippen molar-refractivity contribution in [1.29, 1.82) is 0 Å². The molecule has 1 aliphatic carbocycles. The molecule has 0 amide bonds. The van der Waals surface area contributed by atoms with Gasteiger partial charge in [0.2, 0.25) is 0 Å². The minimum Gasteiger partial charge on any atom is -0.465 e. The number of rotatable bonds is 5. The standard InChI is InChI=1S/C10H17F2NO3/c1-2-15-9(14)10(13)4-3-7(5-10)16-6-8(11)12/h7-8H,2-6,13H2,1H3. The van der Waals surface area contributed by atoms with Crippen molar-refractivity contribution in [3.63, 3.8) is 0 Å². The molecule has 0 bridgehead atoms. The monoisotopic (exact) mass is 237 g/mol. The van der Waals surface area contributed by atoms with Gasteiger partial charge in [-0.05, 0) is 19.8 Å². The highest BCUT2D eigenvalue weighted by atomic mass is 19.3. The van der Waals surface area contributed by atoms with Crippen molar-refractivity contribution in [3.05, 3.63) is 0 Å². The molecule has 1 saturated carbocycles. The summed E-state index contributed by atoms with van der Waals surface area (Å²) in [7, 11) is 0. The molecule has 2 atom stereocenters. The second-order valence-electron chi connectivity index (χ2n) is 3.97. The molecule has 16 heavy (non-hydrogen) atoms. The van der Waals surface area contributed by atoms with E-state index in [1.807, 2.05) is 0 Å². The number of alkyl halides is 2. The van der Waals surface area contributed by atoms with Crippen molar-refractivity contribution in [2.75, 3.05) is 13.2 Å². The molecule has 0 aromatic heterocycles. The Balaban J connectivity index is 2.41. The van der Waals surface area contributed by atoms with Crippen molar-refractivity contribution in [2.24, 2.45) is 5.73 Å². The Morgan fingerprint density at radius 1 is 1.62 bits per heavy atom. The Labute approximate surface area is 93.1 Å². The highest BCUT2D eigenvalue weighted by Crippen LogP contribution is 2.31.